The monoisotopic (exact) mass is 204 g/mol. The second-order valence-electron chi connectivity index (χ2n) is 1.49. The van der Waals surface area contributed by atoms with Crippen LogP contribution in [0.4, 0.5) is 0 Å². The van der Waals surface area contributed by atoms with Crippen molar-refractivity contribution in [3.05, 3.63) is 26.3 Å². The van der Waals surface area contributed by atoms with E-state index >= 15 is 0 Å². The van der Waals surface area contributed by atoms with Crippen LogP contribution in [-0.4, -0.2) is 22.2 Å². The summed E-state index contributed by atoms with van der Waals surface area (Å²) in [5.74, 6) is -1.49. The van der Waals surface area contributed by atoms with E-state index in [-0.39, 0.29) is 12.8 Å². The number of hydrogen-bond donors (Lipinski definition) is 2. The first kappa shape index (κ1) is 22.8. The predicted molar refractivity (Wildman–Crippen MR) is 58.4 cm³/mol. The number of aliphatic carboxylic acids is 2. The smallest absolute Gasteiger partial charge is 0.303 e. The van der Waals surface area contributed by atoms with Gasteiger partial charge in [0.15, 0.2) is 0 Å². The molecule has 0 aromatic carbocycles. The molecular formula is C10H20O4. The van der Waals surface area contributed by atoms with Crippen LogP contribution in [0.1, 0.15) is 26.7 Å². The molecule has 0 aromatic rings. The molecule has 0 aromatic heterocycles. The van der Waals surface area contributed by atoms with Crippen LogP contribution in [-0.2, 0) is 9.59 Å². The molecule has 0 aliphatic heterocycles. The second-order valence-corrected chi connectivity index (χ2v) is 1.49. The highest BCUT2D eigenvalue weighted by atomic mass is 16.4. The van der Waals surface area contributed by atoms with Gasteiger partial charge in [0.25, 0.3) is 0 Å². The van der Waals surface area contributed by atoms with Gasteiger partial charge in [0, 0.05) is 12.8 Å². The van der Waals surface area contributed by atoms with Crippen molar-refractivity contribution in [3.63, 3.8) is 0 Å². The average Bonchev–Trinajstić information content (AvgIpc) is 2.24. The number of carbonyl (C=O) groups is 2. The third-order valence-corrected chi connectivity index (χ3v) is 0.605. The van der Waals surface area contributed by atoms with Crippen molar-refractivity contribution in [3.8, 4) is 0 Å². The maximum atomic E-state index is 9.37. The summed E-state index contributed by atoms with van der Waals surface area (Å²) in [4.78, 5) is 18.7. The highest BCUT2D eigenvalue weighted by Gasteiger charge is 1.81. The molecule has 0 radical (unpaired) electrons. The zero-order valence-electron chi connectivity index (χ0n) is 8.95. The Bertz CT molecular complexity index is 116. The molecule has 0 fully saturated rings. The van der Waals surface area contributed by atoms with Gasteiger partial charge >= 0.3 is 11.9 Å². The molecule has 0 aliphatic rings. The molecule has 2 N–H and O–H groups in total. The summed E-state index contributed by atoms with van der Waals surface area (Å²) in [6, 6.07) is 0. The van der Waals surface area contributed by atoms with Crippen molar-refractivity contribution >= 4 is 11.9 Å². The average molecular weight is 204 g/mol. The molecule has 4 heteroatoms. The van der Waals surface area contributed by atoms with Crippen LogP contribution in [0.15, 0.2) is 26.3 Å². The first-order valence-electron chi connectivity index (χ1n) is 3.98. The first-order chi connectivity index (χ1) is 6.54. The lowest BCUT2D eigenvalue weighted by molar-refractivity contribution is -0.137. The Balaban J connectivity index is -0.0000000528. The Morgan fingerprint density at radius 2 is 0.929 bits per heavy atom. The Morgan fingerprint density at radius 1 is 0.857 bits per heavy atom. The molecule has 0 spiro atoms. The van der Waals surface area contributed by atoms with Gasteiger partial charge in [-0.05, 0) is 0 Å². The van der Waals surface area contributed by atoms with Crippen molar-refractivity contribution in [2.75, 3.05) is 0 Å². The van der Waals surface area contributed by atoms with E-state index in [2.05, 4.69) is 26.3 Å². The summed E-state index contributed by atoms with van der Waals surface area (Å²) >= 11 is 0. The molecule has 0 heterocycles. The zero-order valence-corrected chi connectivity index (χ0v) is 8.95. The van der Waals surface area contributed by atoms with Crippen molar-refractivity contribution in [2.24, 2.45) is 0 Å². The summed E-state index contributed by atoms with van der Waals surface area (Å²) in [5, 5.41) is 15.4. The normalized spacial score (nSPS) is 5.86. The third kappa shape index (κ3) is 158. The van der Waals surface area contributed by atoms with Gasteiger partial charge in [-0.25, -0.2) is 0 Å². The van der Waals surface area contributed by atoms with E-state index in [4.69, 9.17) is 10.2 Å². The molecule has 0 saturated heterocycles. The minimum atomic E-state index is -0.745. The maximum Gasteiger partial charge on any atom is 0.303 e. The molecule has 4 nitrogen and oxygen atoms in total. The number of rotatable bonds is 2. The third-order valence-electron chi connectivity index (χ3n) is 0.605. The summed E-state index contributed by atoms with van der Waals surface area (Å²) in [7, 11) is 0. The summed E-state index contributed by atoms with van der Waals surface area (Å²) in [6.07, 6.45) is 0.444. The zero-order chi connectivity index (χ0) is 12.6. The standard InChI is InChI=1S/2C3H6O2.2C2H4/c2*1-2-3(4)5;2*1-2/h2*2H2,1H3,(H,4,5);2*1-2H2. The van der Waals surface area contributed by atoms with Crippen LogP contribution < -0.4 is 0 Å². The Morgan fingerprint density at radius 3 is 0.929 bits per heavy atom. The fraction of sp³-hybridized carbons (Fsp3) is 0.400. The van der Waals surface area contributed by atoms with Crippen molar-refractivity contribution < 1.29 is 19.8 Å². The Kier molecular flexibility index (Phi) is 49.1. The fourth-order valence-corrected chi connectivity index (χ4v) is 0. The molecule has 0 bridgehead atoms. The Hall–Kier alpha value is -1.58. The highest BCUT2D eigenvalue weighted by Crippen LogP contribution is 1.67. The lowest BCUT2D eigenvalue weighted by Gasteiger charge is -1.71. The van der Waals surface area contributed by atoms with E-state index in [9.17, 15) is 9.59 Å². The van der Waals surface area contributed by atoms with Crippen LogP contribution in [0, 0.1) is 0 Å². The fourth-order valence-electron chi connectivity index (χ4n) is 0. The van der Waals surface area contributed by atoms with Crippen molar-refractivity contribution in [1.82, 2.24) is 0 Å². The molecule has 0 unspecified atom stereocenters. The molecular weight excluding hydrogens is 184 g/mol. The molecule has 14 heavy (non-hydrogen) atoms. The SMILES string of the molecule is C=C.C=C.CCC(=O)O.CCC(=O)O. The van der Waals surface area contributed by atoms with Crippen LogP contribution in [0.5, 0.6) is 0 Å². The molecule has 0 saturated carbocycles. The van der Waals surface area contributed by atoms with E-state index in [0.29, 0.717) is 0 Å². The topological polar surface area (TPSA) is 74.6 Å². The van der Waals surface area contributed by atoms with Crippen LogP contribution in [0.2, 0.25) is 0 Å². The van der Waals surface area contributed by atoms with E-state index in [0.717, 1.165) is 0 Å². The largest absolute Gasteiger partial charge is 0.481 e. The maximum absolute atomic E-state index is 9.37. The van der Waals surface area contributed by atoms with Crippen LogP contribution in [0.25, 0.3) is 0 Å². The van der Waals surface area contributed by atoms with Gasteiger partial charge in [-0.2, -0.15) is 0 Å². The van der Waals surface area contributed by atoms with Gasteiger partial charge in [0.2, 0.25) is 0 Å². The van der Waals surface area contributed by atoms with Gasteiger partial charge in [0.05, 0.1) is 0 Å². The lowest BCUT2D eigenvalue weighted by Crippen LogP contribution is -1.86. The van der Waals surface area contributed by atoms with E-state index in [1.165, 1.54) is 0 Å². The molecule has 0 aliphatic carbocycles. The first-order valence-corrected chi connectivity index (χ1v) is 3.98. The van der Waals surface area contributed by atoms with Crippen LogP contribution in [0.3, 0.4) is 0 Å². The van der Waals surface area contributed by atoms with E-state index < -0.39 is 11.9 Å². The van der Waals surface area contributed by atoms with Gasteiger partial charge < -0.3 is 10.2 Å². The number of hydrogen-bond acceptors (Lipinski definition) is 2. The highest BCUT2D eigenvalue weighted by molar-refractivity contribution is 5.66. The number of carboxylic acid groups (broad SMARTS) is 2. The summed E-state index contributed by atoms with van der Waals surface area (Å²) < 4.78 is 0. The minimum absolute atomic E-state index is 0.222. The summed E-state index contributed by atoms with van der Waals surface area (Å²) in [5.41, 5.74) is 0. The van der Waals surface area contributed by atoms with Gasteiger partial charge in [-0.1, -0.05) is 13.8 Å². The summed E-state index contributed by atoms with van der Waals surface area (Å²) in [6.45, 7) is 15.2. The van der Waals surface area contributed by atoms with Crippen molar-refractivity contribution in [2.45, 2.75) is 26.7 Å². The molecule has 0 atom stereocenters. The quantitative estimate of drug-likeness (QED) is 0.678. The Labute approximate surface area is 85.6 Å². The van der Waals surface area contributed by atoms with Gasteiger partial charge in [-0.15, -0.1) is 26.3 Å². The second kappa shape index (κ2) is 30.1. The van der Waals surface area contributed by atoms with Gasteiger partial charge in [-0.3, -0.25) is 9.59 Å². The van der Waals surface area contributed by atoms with Crippen LogP contribution >= 0.6 is 0 Å². The minimum Gasteiger partial charge on any atom is -0.481 e. The lowest BCUT2D eigenvalue weighted by atomic mass is 10.5. The van der Waals surface area contributed by atoms with Crippen molar-refractivity contribution in [1.29, 1.82) is 0 Å². The van der Waals surface area contributed by atoms with E-state index in [1.54, 1.807) is 13.8 Å². The predicted octanol–water partition coefficient (Wildman–Crippen LogP) is 2.57. The number of carboxylic acids is 2. The molecule has 0 rings (SSSR count). The van der Waals surface area contributed by atoms with Gasteiger partial charge in [0.1, 0.15) is 0 Å². The van der Waals surface area contributed by atoms with E-state index in [1.807, 2.05) is 0 Å². The molecule has 0 amide bonds. The molecule has 84 valence electrons.